The lowest BCUT2D eigenvalue weighted by Crippen LogP contribution is -1.95. The number of anilines is 1. The van der Waals surface area contributed by atoms with Crippen LogP contribution < -0.4 is 10.2 Å². The van der Waals surface area contributed by atoms with Crippen molar-refractivity contribution in [3.05, 3.63) is 59.8 Å². The molecule has 0 radical (unpaired) electrons. The van der Waals surface area contributed by atoms with E-state index in [1.165, 1.54) is 7.11 Å². The molecule has 2 N–H and O–H groups in total. The molecule has 23 heavy (non-hydrogen) atoms. The second-order valence-corrected chi connectivity index (χ2v) is 5.13. The van der Waals surface area contributed by atoms with Crippen molar-refractivity contribution < 1.29 is 9.84 Å². The van der Waals surface area contributed by atoms with Crippen LogP contribution in [0.15, 0.2) is 53.6 Å². The molecular weight excluding hydrogens is 290 g/mol. The van der Waals surface area contributed by atoms with E-state index in [4.69, 9.17) is 4.74 Å². The van der Waals surface area contributed by atoms with Gasteiger partial charge in [-0.1, -0.05) is 18.2 Å². The molecule has 0 aliphatic carbocycles. The van der Waals surface area contributed by atoms with E-state index in [1.807, 2.05) is 43.3 Å². The molecule has 3 aromatic rings. The first-order chi connectivity index (χ1) is 11.2. The van der Waals surface area contributed by atoms with E-state index in [9.17, 15) is 5.11 Å². The number of hydrogen-bond donors (Lipinski definition) is 2. The summed E-state index contributed by atoms with van der Waals surface area (Å²) in [6.07, 6.45) is 1.64. The van der Waals surface area contributed by atoms with Crippen molar-refractivity contribution in [1.29, 1.82) is 0 Å². The SMILES string of the molecule is COc1ccc(/C=N/Nc2cc(C)nc3ccccc23)cc1O. The number of pyridine rings is 1. The smallest absolute Gasteiger partial charge is 0.160 e. The molecule has 0 bridgehead atoms. The Morgan fingerprint density at radius 2 is 2.00 bits per heavy atom. The van der Waals surface area contributed by atoms with Gasteiger partial charge in [0.1, 0.15) is 0 Å². The summed E-state index contributed by atoms with van der Waals surface area (Å²) in [5, 5.41) is 15.0. The summed E-state index contributed by atoms with van der Waals surface area (Å²) in [6.45, 7) is 1.95. The van der Waals surface area contributed by atoms with Crippen LogP contribution in [0.4, 0.5) is 5.69 Å². The van der Waals surface area contributed by atoms with Gasteiger partial charge in [-0.2, -0.15) is 5.10 Å². The van der Waals surface area contributed by atoms with Gasteiger partial charge in [-0.05, 0) is 42.8 Å². The average molecular weight is 307 g/mol. The molecule has 1 aromatic heterocycles. The molecule has 0 saturated heterocycles. The van der Waals surface area contributed by atoms with Crippen LogP contribution in [-0.2, 0) is 0 Å². The molecule has 0 amide bonds. The highest BCUT2D eigenvalue weighted by Crippen LogP contribution is 2.26. The summed E-state index contributed by atoms with van der Waals surface area (Å²) in [5.41, 5.74) is 6.55. The van der Waals surface area contributed by atoms with Gasteiger partial charge < -0.3 is 9.84 Å². The molecule has 1 heterocycles. The fourth-order valence-corrected chi connectivity index (χ4v) is 2.36. The quantitative estimate of drug-likeness (QED) is 0.569. The number of aromatic nitrogens is 1. The number of rotatable bonds is 4. The van der Waals surface area contributed by atoms with Gasteiger partial charge in [0, 0.05) is 11.1 Å². The number of methoxy groups -OCH3 is 1. The number of nitrogens with one attached hydrogen (secondary N) is 1. The van der Waals surface area contributed by atoms with Crippen LogP contribution >= 0.6 is 0 Å². The molecule has 0 spiro atoms. The van der Waals surface area contributed by atoms with E-state index < -0.39 is 0 Å². The van der Waals surface area contributed by atoms with Gasteiger partial charge >= 0.3 is 0 Å². The lowest BCUT2D eigenvalue weighted by atomic mass is 10.1. The molecule has 5 heteroatoms. The number of fused-ring (bicyclic) bond motifs is 1. The third-order valence-electron chi connectivity index (χ3n) is 3.45. The topological polar surface area (TPSA) is 66.7 Å². The van der Waals surface area contributed by atoms with Crippen molar-refractivity contribution in [1.82, 2.24) is 4.98 Å². The van der Waals surface area contributed by atoms with Gasteiger partial charge in [0.2, 0.25) is 0 Å². The molecule has 0 aliphatic rings. The maximum absolute atomic E-state index is 9.77. The minimum Gasteiger partial charge on any atom is -0.504 e. The molecule has 0 unspecified atom stereocenters. The number of phenolic OH excluding ortho intramolecular Hbond substituents is 1. The van der Waals surface area contributed by atoms with E-state index in [0.717, 1.165) is 27.8 Å². The predicted molar refractivity (Wildman–Crippen MR) is 92.4 cm³/mol. The van der Waals surface area contributed by atoms with E-state index in [0.29, 0.717) is 5.75 Å². The normalized spacial score (nSPS) is 11.0. The molecule has 0 aliphatic heterocycles. The van der Waals surface area contributed by atoms with Crippen molar-refractivity contribution >= 4 is 22.8 Å². The van der Waals surface area contributed by atoms with Crippen LogP contribution in [0.5, 0.6) is 11.5 Å². The largest absolute Gasteiger partial charge is 0.504 e. The lowest BCUT2D eigenvalue weighted by molar-refractivity contribution is 0.373. The van der Waals surface area contributed by atoms with Gasteiger partial charge in [-0.15, -0.1) is 0 Å². The van der Waals surface area contributed by atoms with Crippen molar-refractivity contribution in [2.45, 2.75) is 6.92 Å². The Morgan fingerprint density at radius 1 is 1.17 bits per heavy atom. The van der Waals surface area contributed by atoms with Crippen LogP contribution in [0.2, 0.25) is 0 Å². The first kappa shape index (κ1) is 14.8. The Morgan fingerprint density at radius 3 is 2.78 bits per heavy atom. The standard InChI is InChI=1S/C18H17N3O2/c1-12-9-16(14-5-3-4-6-15(14)20-12)21-19-11-13-7-8-18(23-2)17(22)10-13/h3-11,22H,1-2H3,(H,20,21)/b19-11+. The second kappa shape index (κ2) is 6.36. The number of para-hydroxylation sites is 1. The maximum Gasteiger partial charge on any atom is 0.160 e. The Kier molecular flexibility index (Phi) is 4.10. The number of ether oxygens (including phenoxy) is 1. The summed E-state index contributed by atoms with van der Waals surface area (Å²) < 4.78 is 5.02. The molecule has 0 fully saturated rings. The van der Waals surface area contributed by atoms with Gasteiger partial charge in [-0.3, -0.25) is 10.4 Å². The molecule has 3 rings (SSSR count). The Hall–Kier alpha value is -3.08. The van der Waals surface area contributed by atoms with Gasteiger partial charge in [0.05, 0.1) is 24.5 Å². The first-order valence-corrected chi connectivity index (χ1v) is 7.20. The summed E-state index contributed by atoms with van der Waals surface area (Å²) in [4.78, 5) is 4.49. The summed E-state index contributed by atoms with van der Waals surface area (Å²) in [7, 11) is 1.52. The summed E-state index contributed by atoms with van der Waals surface area (Å²) in [6, 6.07) is 15.0. The second-order valence-electron chi connectivity index (χ2n) is 5.13. The Bertz CT molecular complexity index is 875. The highest BCUT2D eigenvalue weighted by Gasteiger charge is 2.03. The molecular formula is C18H17N3O2. The predicted octanol–water partition coefficient (Wildman–Crippen LogP) is 3.70. The number of nitrogens with zero attached hydrogens (tertiary/aromatic N) is 2. The molecule has 2 aromatic carbocycles. The van der Waals surface area contributed by atoms with Crippen molar-refractivity contribution in [2.75, 3.05) is 12.5 Å². The van der Waals surface area contributed by atoms with Crippen LogP contribution in [0.3, 0.4) is 0 Å². The highest BCUT2D eigenvalue weighted by molar-refractivity contribution is 5.92. The van der Waals surface area contributed by atoms with E-state index in [2.05, 4.69) is 15.5 Å². The number of aromatic hydroxyl groups is 1. The van der Waals surface area contributed by atoms with Crippen molar-refractivity contribution in [2.24, 2.45) is 5.10 Å². The molecule has 0 atom stereocenters. The maximum atomic E-state index is 9.77. The fraction of sp³-hybridized carbons (Fsp3) is 0.111. The molecule has 116 valence electrons. The van der Waals surface area contributed by atoms with E-state index >= 15 is 0 Å². The number of benzene rings is 2. The van der Waals surface area contributed by atoms with Crippen LogP contribution in [0, 0.1) is 6.92 Å². The third kappa shape index (κ3) is 3.23. The highest BCUT2D eigenvalue weighted by atomic mass is 16.5. The monoisotopic (exact) mass is 307 g/mol. The zero-order valence-corrected chi connectivity index (χ0v) is 12.9. The minimum atomic E-state index is 0.0849. The molecule has 5 nitrogen and oxygen atoms in total. The Labute approximate surface area is 134 Å². The van der Waals surface area contributed by atoms with Gasteiger partial charge in [0.15, 0.2) is 11.5 Å². The number of hydrogen-bond acceptors (Lipinski definition) is 5. The van der Waals surface area contributed by atoms with Crippen LogP contribution in [0.25, 0.3) is 10.9 Å². The van der Waals surface area contributed by atoms with Crippen molar-refractivity contribution in [3.63, 3.8) is 0 Å². The van der Waals surface area contributed by atoms with Gasteiger partial charge in [0.25, 0.3) is 0 Å². The van der Waals surface area contributed by atoms with Crippen LogP contribution in [-0.4, -0.2) is 23.4 Å². The zero-order valence-electron chi connectivity index (χ0n) is 12.9. The molecule has 0 saturated carbocycles. The fourth-order valence-electron chi connectivity index (χ4n) is 2.36. The van der Waals surface area contributed by atoms with E-state index in [1.54, 1.807) is 18.3 Å². The summed E-state index contributed by atoms with van der Waals surface area (Å²) >= 11 is 0. The lowest BCUT2D eigenvalue weighted by Gasteiger charge is -2.07. The zero-order chi connectivity index (χ0) is 16.2. The van der Waals surface area contributed by atoms with E-state index in [-0.39, 0.29) is 5.75 Å². The number of phenols is 1. The first-order valence-electron chi connectivity index (χ1n) is 7.20. The average Bonchev–Trinajstić information content (AvgIpc) is 2.55. The summed E-state index contributed by atoms with van der Waals surface area (Å²) in [5.74, 6) is 0.521. The number of hydrazone groups is 1. The van der Waals surface area contributed by atoms with Crippen molar-refractivity contribution in [3.8, 4) is 11.5 Å². The number of aryl methyl sites for hydroxylation is 1. The van der Waals surface area contributed by atoms with Gasteiger partial charge in [-0.25, -0.2) is 0 Å². The third-order valence-corrected chi connectivity index (χ3v) is 3.45. The Balaban J connectivity index is 1.84. The van der Waals surface area contributed by atoms with Crippen LogP contribution in [0.1, 0.15) is 11.3 Å². The minimum absolute atomic E-state index is 0.0849.